The van der Waals surface area contributed by atoms with Crippen LogP contribution >= 0.6 is 0 Å². The molecule has 130 valence electrons. The van der Waals surface area contributed by atoms with Gasteiger partial charge in [0.1, 0.15) is 12.6 Å². The normalized spacial score (nSPS) is 21.6. The Morgan fingerprint density at radius 2 is 1.88 bits per heavy atom. The number of benzene rings is 1. The smallest absolute Gasteiger partial charge is 0.249 e. The molecule has 1 aromatic carbocycles. The fraction of sp³-hybridized carbons (Fsp3) is 0.556. The second-order valence-electron chi connectivity index (χ2n) is 6.68. The van der Waals surface area contributed by atoms with E-state index >= 15 is 0 Å². The number of amides is 2. The van der Waals surface area contributed by atoms with Crippen LogP contribution in [0.5, 0.6) is 0 Å². The standard InChI is InChI=1S/C18H25N3O3/c1-20-7-8-21(17(22)12-24-2)16(11-20)18(23)19-15-9-13-5-3-4-6-14(13)10-15/h3-6,15-16H,7-12H2,1-2H3,(H,19,23)/t16-/m1/s1. The maximum Gasteiger partial charge on any atom is 0.249 e. The molecule has 3 rings (SSSR count). The van der Waals surface area contributed by atoms with Gasteiger partial charge in [0.25, 0.3) is 0 Å². The number of nitrogens with zero attached hydrogens (tertiary/aromatic N) is 2. The Morgan fingerprint density at radius 1 is 1.21 bits per heavy atom. The van der Waals surface area contributed by atoms with Gasteiger partial charge in [0, 0.05) is 32.8 Å². The lowest BCUT2D eigenvalue weighted by molar-refractivity contribution is -0.146. The number of methoxy groups -OCH3 is 1. The van der Waals surface area contributed by atoms with E-state index < -0.39 is 6.04 Å². The predicted octanol–water partition coefficient (Wildman–Crippen LogP) is 0.0590. The minimum Gasteiger partial charge on any atom is -0.375 e. The topological polar surface area (TPSA) is 61.9 Å². The lowest BCUT2D eigenvalue weighted by Crippen LogP contribution is -2.61. The summed E-state index contributed by atoms with van der Waals surface area (Å²) in [5.74, 6) is -0.190. The quantitative estimate of drug-likeness (QED) is 0.847. The Labute approximate surface area is 142 Å². The van der Waals surface area contributed by atoms with Gasteiger partial charge in [-0.1, -0.05) is 24.3 Å². The van der Waals surface area contributed by atoms with Crippen LogP contribution in [0.25, 0.3) is 0 Å². The predicted molar refractivity (Wildman–Crippen MR) is 90.7 cm³/mol. The first-order valence-corrected chi connectivity index (χ1v) is 8.42. The van der Waals surface area contributed by atoms with Crippen LogP contribution in [-0.4, -0.2) is 74.1 Å². The average molecular weight is 331 g/mol. The molecule has 24 heavy (non-hydrogen) atoms. The Bertz CT molecular complexity index is 594. The summed E-state index contributed by atoms with van der Waals surface area (Å²) < 4.78 is 4.95. The molecule has 1 saturated heterocycles. The number of nitrogens with one attached hydrogen (secondary N) is 1. The van der Waals surface area contributed by atoms with Gasteiger partial charge in [-0.05, 0) is 31.0 Å². The van der Waals surface area contributed by atoms with E-state index in [-0.39, 0.29) is 24.5 Å². The fourth-order valence-electron chi connectivity index (χ4n) is 3.61. The third kappa shape index (κ3) is 3.60. The lowest BCUT2D eigenvalue weighted by Gasteiger charge is -2.39. The second-order valence-corrected chi connectivity index (χ2v) is 6.68. The van der Waals surface area contributed by atoms with Crippen LogP contribution in [0.3, 0.4) is 0 Å². The van der Waals surface area contributed by atoms with Gasteiger partial charge in [0.2, 0.25) is 11.8 Å². The Hall–Kier alpha value is -1.92. The van der Waals surface area contributed by atoms with Crippen LogP contribution in [-0.2, 0) is 27.2 Å². The highest BCUT2D eigenvalue weighted by atomic mass is 16.5. The van der Waals surface area contributed by atoms with Crippen LogP contribution in [0.2, 0.25) is 0 Å². The second kappa shape index (κ2) is 7.32. The van der Waals surface area contributed by atoms with E-state index in [0.29, 0.717) is 13.1 Å². The minimum atomic E-state index is -0.449. The van der Waals surface area contributed by atoms with Crippen LogP contribution in [0, 0.1) is 0 Å². The molecule has 6 heteroatoms. The number of carbonyl (C=O) groups is 2. The molecule has 6 nitrogen and oxygen atoms in total. The summed E-state index contributed by atoms with van der Waals surface area (Å²) in [4.78, 5) is 28.8. The van der Waals surface area contributed by atoms with E-state index in [1.807, 2.05) is 19.2 Å². The molecular weight excluding hydrogens is 306 g/mol. The zero-order chi connectivity index (χ0) is 17.1. The molecule has 1 N–H and O–H groups in total. The van der Waals surface area contributed by atoms with E-state index in [9.17, 15) is 9.59 Å². The van der Waals surface area contributed by atoms with Crippen LogP contribution in [0.15, 0.2) is 24.3 Å². The lowest BCUT2D eigenvalue weighted by atomic mass is 10.1. The number of hydrogen-bond donors (Lipinski definition) is 1. The Morgan fingerprint density at radius 3 is 2.50 bits per heavy atom. The van der Waals surface area contributed by atoms with E-state index in [1.165, 1.54) is 18.2 Å². The van der Waals surface area contributed by atoms with Crippen molar-refractivity contribution >= 4 is 11.8 Å². The van der Waals surface area contributed by atoms with Crippen LogP contribution in [0.1, 0.15) is 11.1 Å². The number of likely N-dealkylation sites (N-methyl/N-ethyl adjacent to an activating group) is 1. The van der Waals surface area contributed by atoms with E-state index in [2.05, 4.69) is 22.3 Å². The maximum atomic E-state index is 12.8. The fourth-order valence-corrected chi connectivity index (χ4v) is 3.61. The molecule has 2 aliphatic rings. The maximum absolute atomic E-state index is 12.8. The molecule has 2 amide bonds. The summed E-state index contributed by atoms with van der Waals surface area (Å²) in [6, 6.07) is 7.96. The third-order valence-electron chi connectivity index (χ3n) is 4.87. The molecule has 1 fully saturated rings. The molecule has 0 saturated carbocycles. The monoisotopic (exact) mass is 331 g/mol. The molecule has 1 aromatic rings. The van der Waals surface area contributed by atoms with Crippen molar-refractivity contribution in [1.82, 2.24) is 15.1 Å². The van der Waals surface area contributed by atoms with Gasteiger partial charge in [-0.25, -0.2) is 0 Å². The van der Waals surface area contributed by atoms with Gasteiger partial charge >= 0.3 is 0 Å². The molecule has 1 heterocycles. The van der Waals surface area contributed by atoms with Crippen molar-refractivity contribution in [3.63, 3.8) is 0 Å². The first kappa shape index (κ1) is 16.9. The van der Waals surface area contributed by atoms with Crippen molar-refractivity contribution < 1.29 is 14.3 Å². The number of hydrogen-bond acceptors (Lipinski definition) is 4. The molecule has 0 spiro atoms. The van der Waals surface area contributed by atoms with Gasteiger partial charge in [-0.2, -0.15) is 0 Å². The summed E-state index contributed by atoms with van der Waals surface area (Å²) in [5, 5.41) is 3.14. The van der Waals surface area contributed by atoms with Crippen LogP contribution in [0.4, 0.5) is 0 Å². The summed E-state index contributed by atoms with van der Waals surface area (Å²) in [6.07, 6.45) is 1.72. The van der Waals surface area contributed by atoms with Gasteiger partial charge in [0.05, 0.1) is 0 Å². The Balaban J connectivity index is 1.65. The largest absolute Gasteiger partial charge is 0.375 e. The van der Waals surface area contributed by atoms with Gasteiger partial charge in [-0.3, -0.25) is 9.59 Å². The minimum absolute atomic E-state index is 0.0162. The van der Waals surface area contributed by atoms with Crippen LogP contribution < -0.4 is 5.32 Å². The summed E-state index contributed by atoms with van der Waals surface area (Å²) in [5.41, 5.74) is 2.60. The number of fused-ring (bicyclic) bond motifs is 1. The third-order valence-corrected chi connectivity index (χ3v) is 4.87. The van der Waals surface area contributed by atoms with Crippen molar-refractivity contribution in [3.8, 4) is 0 Å². The van der Waals surface area contributed by atoms with E-state index in [1.54, 1.807) is 4.90 Å². The molecule has 1 atom stereocenters. The van der Waals surface area contributed by atoms with E-state index in [0.717, 1.165) is 19.4 Å². The van der Waals surface area contributed by atoms with Crippen molar-refractivity contribution in [3.05, 3.63) is 35.4 Å². The average Bonchev–Trinajstić information content (AvgIpc) is 2.97. The van der Waals surface area contributed by atoms with Crippen molar-refractivity contribution in [2.24, 2.45) is 0 Å². The number of piperazine rings is 1. The first-order chi connectivity index (χ1) is 11.6. The molecular formula is C18H25N3O3. The molecule has 0 aromatic heterocycles. The van der Waals surface area contributed by atoms with Crippen molar-refractivity contribution in [2.75, 3.05) is 40.4 Å². The summed E-state index contributed by atoms with van der Waals surface area (Å²) >= 11 is 0. The highest BCUT2D eigenvalue weighted by molar-refractivity contribution is 5.88. The molecule has 1 aliphatic heterocycles. The van der Waals surface area contributed by atoms with E-state index in [4.69, 9.17) is 4.74 Å². The van der Waals surface area contributed by atoms with Crippen molar-refractivity contribution in [2.45, 2.75) is 24.9 Å². The first-order valence-electron chi connectivity index (χ1n) is 8.42. The molecule has 0 unspecified atom stereocenters. The number of carbonyl (C=O) groups excluding carboxylic acids is 2. The molecule has 0 radical (unpaired) electrons. The SMILES string of the molecule is COCC(=O)N1CCN(C)C[C@@H]1C(=O)NC1Cc2ccccc2C1. The summed E-state index contributed by atoms with van der Waals surface area (Å²) in [6.45, 7) is 1.90. The highest BCUT2D eigenvalue weighted by Gasteiger charge is 2.35. The number of ether oxygens (including phenoxy) is 1. The van der Waals surface area contributed by atoms with Crippen molar-refractivity contribution in [1.29, 1.82) is 0 Å². The van der Waals surface area contributed by atoms with Gasteiger partial charge < -0.3 is 19.9 Å². The zero-order valence-electron chi connectivity index (χ0n) is 14.3. The number of rotatable bonds is 4. The summed E-state index contributed by atoms with van der Waals surface area (Å²) in [7, 11) is 3.47. The van der Waals surface area contributed by atoms with Gasteiger partial charge in [0.15, 0.2) is 0 Å². The highest BCUT2D eigenvalue weighted by Crippen LogP contribution is 2.22. The molecule has 1 aliphatic carbocycles. The zero-order valence-corrected chi connectivity index (χ0v) is 14.3. The molecule has 0 bridgehead atoms. The van der Waals surface area contributed by atoms with Gasteiger partial charge in [-0.15, -0.1) is 0 Å². The Kier molecular flexibility index (Phi) is 5.16.